The number of nitrogens with one attached hydrogen (secondary N) is 1. The molecule has 1 aromatic carbocycles. The molecule has 1 N–H and O–H groups in total. The molecule has 0 aliphatic rings. The first-order valence-corrected chi connectivity index (χ1v) is 7.62. The van der Waals surface area contributed by atoms with Crippen molar-refractivity contribution in [3.05, 3.63) is 42.0 Å². The number of alkyl halides is 1. The van der Waals surface area contributed by atoms with Gasteiger partial charge in [-0.15, -0.1) is 0 Å². The maximum absolute atomic E-state index is 11.9. The summed E-state index contributed by atoms with van der Waals surface area (Å²) < 4.78 is 30.7. The molecule has 0 unspecified atom stereocenters. The maximum Gasteiger partial charge on any atom is 0.240 e. The molecule has 0 aliphatic heterocycles. The summed E-state index contributed by atoms with van der Waals surface area (Å²) in [5.74, 6) is 0.288. The van der Waals surface area contributed by atoms with Gasteiger partial charge in [0.05, 0.1) is 11.4 Å². The van der Waals surface area contributed by atoms with E-state index in [4.69, 9.17) is 0 Å². The second-order valence-corrected chi connectivity index (χ2v) is 5.78. The highest BCUT2D eigenvalue weighted by Gasteiger charge is 2.14. The Morgan fingerprint density at radius 1 is 1.28 bits per heavy atom. The van der Waals surface area contributed by atoms with E-state index in [-0.39, 0.29) is 17.3 Å². The smallest absolute Gasteiger partial charge is 0.240 e. The average molecular weight is 332 g/mol. The molecule has 6 nitrogen and oxygen atoms in total. The van der Waals surface area contributed by atoms with Crippen LogP contribution < -0.4 is 4.72 Å². The fourth-order valence-electron chi connectivity index (χ4n) is 1.27. The van der Waals surface area contributed by atoms with Gasteiger partial charge in [-0.05, 0) is 17.7 Å². The Hall–Kier alpha value is -1.25. The first-order chi connectivity index (χ1) is 8.62. The summed E-state index contributed by atoms with van der Waals surface area (Å²) in [6.45, 7) is -0.000963. The molecule has 1 heterocycles. The molecule has 96 valence electrons. The SMILES string of the molecule is O=S(=O)(NCc1ncon1)c1ccc(CBr)cc1. The molecule has 0 spiro atoms. The van der Waals surface area contributed by atoms with Crippen molar-refractivity contribution in [1.82, 2.24) is 14.9 Å². The molecule has 0 atom stereocenters. The first kappa shape index (κ1) is 13.2. The van der Waals surface area contributed by atoms with Crippen molar-refractivity contribution < 1.29 is 12.9 Å². The summed E-state index contributed by atoms with van der Waals surface area (Å²) in [4.78, 5) is 3.93. The van der Waals surface area contributed by atoms with E-state index in [0.29, 0.717) is 5.33 Å². The van der Waals surface area contributed by atoms with Crippen LogP contribution in [0.3, 0.4) is 0 Å². The topological polar surface area (TPSA) is 85.1 Å². The molecule has 0 amide bonds. The van der Waals surface area contributed by atoms with Crippen LogP contribution in [0.15, 0.2) is 40.1 Å². The normalized spacial score (nSPS) is 11.6. The summed E-state index contributed by atoms with van der Waals surface area (Å²) in [5, 5.41) is 4.21. The van der Waals surface area contributed by atoms with Crippen LogP contribution in [0.2, 0.25) is 0 Å². The summed E-state index contributed by atoms with van der Waals surface area (Å²) in [6, 6.07) is 6.60. The lowest BCUT2D eigenvalue weighted by atomic mass is 10.2. The molecular formula is C10H10BrN3O3S. The Bertz CT molecular complexity index is 596. The van der Waals surface area contributed by atoms with Crippen LogP contribution >= 0.6 is 15.9 Å². The number of hydrogen-bond acceptors (Lipinski definition) is 5. The van der Waals surface area contributed by atoms with Gasteiger partial charge in [-0.3, -0.25) is 0 Å². The van der Waals surface area contributed by atoms with E-state index in [1.807, 2.05) is 0 Å². The maximum atomic E-state index is 11.9. The van der Waals surface area contributed by atoms with Crippen molar-refractivity contribution >= 4 is 26.0 Å². The van der Waals surface area contributed by atoms with E-state index >= 15 is 0 Å². The van der Waals surface area contributed by atoms with Gasteiger partial charge in [0.15, 0.2) is 5.82 Å². The van der Waals surface area contributed by atoms with Crippen LogP contribution in [-0.4, -0.2) is 18.6 Å². The third kappa shape index (κ3) is 3.15. The van der Waals surface area contributed by atoms with Gasteiger partial charge >= 0.3 is 0 Å². The minimum atomic E-state index is -3.55. The summed E-state index contributed by atoms with van der Waals surface area (Å²) in [6.07, 6.45) is 1.15. The van der Waals surface area contributed by atoms with E-state index in [1.165, 1.54) is 0 Å². The number of halogens is 1. The summed E-state index contributed by atoms with van der Waals surface area (Å²) in [5.41, 5.74) is 1.01. The van der Waals surface area contributed by atoms with Gasteiger partial charge in [0.1, 0.15) is 0 Å². The number of aromatic nitrogens is 2. The van der Waals surface area contributed by atoms with Crippen molar-refractivity contribution in [3.8, 4) is 0 Å². The summed E-state index contributed by atoms with van der Waals surface area (Å²) >= 11 is 3.30. The molecule has 0 saturated heterocycles. The predicted molar refractivity (Wildman–Crippen MR) is 67.4 cm³/mol. The standard InChI is InChI=1S/C10H10BrN3O3S/c11-5-8-1-3-9(4-2-8)18(15,16)13-6-10-12-7-17-14-10/h1-4,7,13H,5-6H2. The number of hydrogen-bond donors (Lipinski definition) is 1. The second kappa shape index (κ2) is 5.59. The fraction of sp³-hybridized carbons (Fsp3) is 0.200. The van der Waals surface area contributed by atoms with Crippen molar-refractivity contribution in [3.63, 3.8) is 0 Å². The van der Waals surface area contributed by atoms with Crippen LogP contribution in [0.1, 0.15) is 11.4 Å². The number of benzene rings is 1. The van der Waals surface area contributed by atoms with E-state index < -0.39 is 10.0 Å². The summed E-state index contributed by atoms with van der Waals surface area (Å²) in [7, 11) is -3.55. The third-order valence-corrected chi connectivity index (χ3v) is 4.28. The quantitative estimate of drug-likeness (QED) is 0.838. The van der Waals surface area contributed by atoms with Gasteiger partial charge in [-0.2, -0.15) is 4.98 Å². The van der Waals surface area contributed by atoms with Crippen LogP contribution in [0.25, 0.3) is 0 Å². The van der Waals surface area contributed by atoms with Crippen molar-refractivity contribution in [2.75, 3.05) is 0 Å². The molecule has 18 heavy (non-hydrogen) atoms. The molecule has 2 rings (SSSR count). The third-order valence-electron chi connectivity index (χ3n) is 2.22. The Labute approximate surface area is 113 Å². The second-order valence-electron chi connectivity index (χ2n) is 3.45. The molecular weight excluding hydrogens is 322 g/mol. The molecule has 0 aliphatic carbocycles. The van der Waals surface area contributed by atoms with E-state index in [2.05, 4.69) is 35.3 Å². The lowest BCUT2D eigenvalue weighted by Crippen LogP contribution is -2.23. The zero-order valence-electron chi connectivity index (χ0n) is 9.21. The molecule has 0 bridgehead atoms. The van der Waals surface area contributed by atoms with Gasteiger partial charge < -0.3 is 4.52 Å². The zero-order valence-corrected chi connectivity index (χ0v) is 11.6. The van der Waals surface area contributed by atoms with Gasteiger partial charge in [-0.1, -0.05) is 33.2 Å². The average Bonchev–Trinajstić information content (AvgIpc) is 2.90. The lowest BCUT2D eigenvalue weighted by Gasteiger charge is -2.05. The lowest BCUT2D eigenvalue weighted by molar-refractivity contribution is 0.409. The van der Waals surface area contributed by atoms with Gasteiger partial charge in [0, 0.05) is 5.33 Å². The van der Waals surface area contributed by atoms with Crippen LogP contribution in [0.5, 0.6) is 0 Å². The number of sulfonamides is 1. The predicted octanol–water partition coefficient (Wildman–Crippen LogP) is 1.44. The minimum absolute atomic E-state index is 0.000963. The highest BCUT2D eigenvalue weighted by molar-refractivity contribution is 9.08. The molecule has 2 aromatic rings. The van der Waals surface area contributed by atoms with Gasteiger partial charge in [0.25, 0.3) is 0 Å². The molecule has 0 fully saturated rings. The first-order valence-electron chi connectivity index (χ1n) is 5.01. The van der Waals surface area contributed by atoms with Crippen LogP contribution in [-0.2, 0) is 21.9 Å². The molecule has 1 aromatic heterocycles. The highest BCUT2D eigenvalue weighted by atomic mass is 79.9. The zero-order chi connectivity index (χ0) is 13.0. The molecule has 0 radical (unpaired) electrons. The Morgan fingerprint density at radius 2 is 2.00 bits per heavy atom. The van der Waals surface area contributed by atoms with Crippen molar-refractivity contribution in [2.45, 2.75) is 16.8 Å². The highest BCUT2D eigenvalue weighted by Crippen LogP contribution is 2.12. The monoisotopic (exact) mass is 331 g/mol. The van der Waals surface area contributed by atoms with E-state index in [1.54, 1.807) is 24.3 Å². The van der Waals surface area contributed by atoms with Crippen molar-refractivity contribution in [2.24, 2.45) is 0 Å². The Morgan fingerprint density at radius 3 is 2.56 bits per heavy atom. The molecule has 0 saturated carbocycles. The number of nitrogens with zero attached hydrogens (tertiary/aromatic N) is 2. The van der Waals surface area contributed by atoms with Crippen LogP contribution in [0.4, 0.5) is 0 Å². The minimum Gasteiger partial charge on any atom is -0.343 e. The number of rotatable bonds is 5. The van der Waals surface area contributed by atoms with Gasteiger partial charge in [0.2, 0.25) is 16.4 Å². The van der Waals surface area contributed by atoms with E-state index in [0.717, 1.165) is 12.0 Å². The Kier molecular flexibility index (Phi) is 4.10. The van der Waals surface area contributed by atoms with E-state index in [9.17, 15) is 8.42 Å². The van der Waals surface area contributed by atoms with Gasteiger partial charge in [-0.25, -0.2) is 13.1 Å². The largest absolute Gasteiger partial charge is 0.343 e. The van der Waals surface area contributed by atoms with Crippen molar-refractivity contribution in [1.29, 1.82) is 0 Å². The van der Waals surface area contributed by atoms with Crippen LogP contribution in [0, 0.1) is 0 Å². The molecule has 8 heteroatoms. The fourth-order valence-corrected chi connectivity index (χ4v) is 2.62. The Balaban J connectivity index is 2.09.